The minimum absolute atomic E-state index is 0.00417. The highest BCUT2D eigenvalue weighted by Gasteiger charge is 2.58. The van der Waals surface area contributed by atoms with E-state index in [1.165, 1.54) is 38.5 Å². The Balaban J connectivity index is 1.83. The van der Waals surface area contributed by atoms with Crippen LogP contribution in [-0.4, -0.2) is 18.1 Å². The van der Waals surface area contributed by atoms with Crippen molar-refractivity contribution >= 4 is 5.97 Å². The Kier molecular flexibility index (Phi) is 2.74. The molecule has 3 nitrogen and oxygen atoms in total. The van der Waals surface area contributed by atoms with Crippen LogP contribution in [0.3, 0.4) is 0 Å². The summed E-state index contributed by atoms with van der Waals surface area (Å²) in [6.07, 6.45) is 8.01. The topological polar surface area (TPSA) is 52.3 Å². The average Bonchev–Trinajstić information content (AvgIpc) is 2.26. The summed E-state index contributed by atoms with van der Waals surface area (Å²) >= 11 is 0. The summed E-state index contributed by atoms with van der Waals surface area (Å²) in [6.45, 7) is 4.21. The van der Waals surface area contributed by atoms with Gasteiger partial charge in [0.2, 0.25) is 0 Å². The average molecular weight is 251 g/mol. The maximum atomic E-state index is 11.6. The minimum atomic E-state index is -0.348. The zero-order valence-electron chi connectivity index (χ0n) is 11.6. The SMILES string of the molecule is CC(C)(OC(=O)CN)C12CC3CC(CC(C3)C1)C2. The highest BCUT2D eigenvalue weighted by Crippen LogP contribution is 2.64. The van der Waals surface area contributed by atoms with E-state index in [1.807, 2.05) is 0 Å². The molecule has 18 heavy (non-hydrogen) atoms. The Labute approximate surface area is 109 Å². The van der Waals surface area contributed by atoms with Gasteiger partial charge in [-0.2, -0.15) is 0 Å². The third-order valence-electron chi connectivity index (χ3n) is 5.85. The Morgan fingerprint density at radius 2 is 1.61 bits per heavy atom. The molecule has 0 amide bonds. The van der Waals surface area contributed by atoms with Gasteiger partial charge < -0.3 is 10.5 Å². The summed E-state index contributed by atoms with van der Waals surface area (Å²) in [6, 6.07) is 0. The van der Waals surface area contributed by atoms with E-state index in [-0.39, 0.29) is 23.5 Å². The van der Waals surface area contributed by atoms with Gasteiger partial charge in [0.15, 0.2) is 0 Å². The van der Waals surface area contributed by atoms with Gasteiger partial charge in [0, 0.05) is 5.41 Å². The number of carbonyl (C=O) groups excluding carboxylic acids is 1. The zero-order valence-corrected chi connectivity index (χ0v) is 11.6. The van der Waals surface area contributed by atoms with Gasteiger partial charge in [0.1, 0.15) is 5.60 Å². The van der Waals surface area contributed by atoms with Crippen molar-refractivity contribution in [2.45, 2.75) is 58.0 Å². The van der Waals surface area contributed by atoms with Crippen molar-refractivity contribution in [2.24, 2.45) is 28.9 Å². The van der Waals surface area contributed by atoms with Crippen LogP contribution in [0, 0.1) is 23.2 Å². The van der Waals surface area contributed by atoms with Crippen LogP contribution in [0.2, 0.25) is 0 Å². The molecule has 2 N–H and O–H groups in total. The molecule has 0 unspecified atom stereocenters. The lowest BCUT2D eigenvalue weighted by Gasteiger charge is -2.61. The molecular weight excluding hydrogens is 226 g/mol. The number of hydrogen-bond donors (Lipinski definition) is 1. The second-order valence-corrected chi connectivity index (χ2v) is 7.39. The molecule has 0 aromatic carbocycles. The van der Waals surface area contributed by atoms with Crippen molar-refractivity contribution in [3.63, 3.8) is 0 Å². The Morgan fingerprint density at radius 1 is 1.17 bits per heavy atom. The number of ether oxygens (including phenoxy) is 1. The number of rotatable bonds is 3. The summed E-state index contributed by atoms with van der Waals surface area (Å²) in [5.41, 5.74) is 5.28. The summed E-state index contributed by atoms with van der Waals surface area (Å²) in [7, 11) is 0. The smallest absolute Gasteiger partial charge is 0.320 e. The summed E-state index contributed by atoms with van der Waals surface area (Å²) < 4.78 is 5.71. The fraction of sp³-hybridized carbons (Fsp3) is 0.933. The van der Waals surface area contributed by atoms with E-state index >= 15 is 0 Å². The van der Waals surface area contributed by atoms with E-state index in [1.54, 1.807) is 0 Å². The summed E-state index contributed by atoms with van der Waals surface area (Å²) in [5, 5.41) is 0. The van der Waals surface area contributed by atoms with Crippen molar-refractivity contribution in [2.75, 3.05) is 6.54 Å². The molecule has 4 saturated carbocycles. The predicted molar refractivity (Wildman–Crippen MR) is 69.8 cm³/mol. The van der Waals surface area contributed by atoms with E-state index in [4.69, 9.17) is 10.5 Å². The molecule has 0 atom stereocenters. The van der Waals surface area contributed by atoms with E-state index in [9.17, 15) is 4.79 Å². The van der Waals surface area contributed by atoms with E-state index in [0.717, 1.165) is 17.8 Å². The van der Waals surface area contributed by atoms with E-state index in [2.05, 4.69) is 13.8 Å². The van der Waals surface area contributed by atoms with Crippen LogP contribution in [0.1, 0.15) is 52.4 Å². The molecule has 4 fully saturated rings. The first-order valence-corrected chi connectivity index (χ1v) is 7.36. The van der Waals surface area contributed by atoms with Gasteiger partial charge in [0.05, 0.1) is 6.54 Å². The molecule has 0 saturated heterocycles. The number of carbonyl (C=O) groups is 1. The standard InChI is InChI=1S/C15H25NO2/c1-14(2,18-13(17)9-16)15-6-10-3-11(7-15)5-12(4-10)8-15/h10-12H,3-9,16H2,1-2H3. The van der Waals surface area contributed by atoms with Gasteiger partial charge >= 0.3 is 5.97 Å². The van der Waals surface area contributed by atoms with Crippen LogP contribution < -0.4 is 5.73 Å². The fourth-order valence-corrected chi connectivity index (χ4v) is 5.28. The van der Waals surface area contributed by atoms with Gasteiger partial charge in [0.25, 0.3) is 0 Å². The van der Waals surface area contributed by atoms with Crippen LogP contribution in [0.25, 0.3) is 0 Å². The fourth-order valence-electron chi connectivity index (χ4n) is 5.28. The number of nitrogens with two attached hydrogens (primary N) is 1. The van der Waals surface area contributed by atoms with Gasteiger partial charge in [-0.15, -0.1) is 0 Å². The third-order valence-corrected chi connectivity index (χ3v) is 5.85. The molecule has 4 bridgehead atoms. The predicted octanol–water partition coefficient (Wildman–Crippen LogP) is 2.48. The van der Waals surface area contributed by atoms with E-state index in [0.29, 0.717) is 0 Å². The van der Waals surface area contributed by atoms with Crippen LogP contribution in [0.4, 0.5) is 0 Å². The first-order valence-electron chi connectivity index (χ1n) is 7.36. The molecular formula is C15H25NO2. The van der Waals surface area contributed by atoms with Gasteiger partial charge in [-0.25, -0.2) is 0 Å². The monoisotopic (exact) mass is 251 g/mol. The first kappa shape index (κ1) is 12.5. The lowest BCUT2D eigenvalue weighted by molar-refractivity contribution is -0.197. The molecule has 4 rings (SSSR count). The number of esters is 1. The van der Waals surface area contributed by atoms with Crippen molar-refractivity contribution in [3.8, 4) is 0 Å². The minimum Gasteiger partial charge on any atom is -0.458 e. The number of hydrogen-bond acceptors (Lipinski definition) is 3. The first-order chi connectivity index (χ1) is 8.44. The second-order valence-electron chi connectivity index (χ2n) is 7.39. The molecule has 102 valence electrons. The summed E-state index contributed by atoms with van der Waals surface area (Å²) in [4.78, 5) is 11.6. The van der Waals surface area contributed by atoms with Crippen molar-refractivity contribution in [3.05, 3.63) is 0 Å². The van der Waals surface area contributed by atoms with Gasteiger partial charge in [-0.3, -0.25) is 4.79 Å². The lowest BCUT2D eigenvalue weighted by Crippen LogP contribution is -2.57. The Morgan fingerprint density at radius 3 is 2.00 bits per heavy atom. The van der Waals surface area contributed by atoms with Crippen molar-refractivity contribution in [1.82, 2.24) is 0 Å². The molecule has 0 aromatic rings. The van der Waals surface area contributed by atoms with E-state index < -0.39 is 0 Å². The molecule has 0 aliphatic heterocycles. The molecule has 3 heteroatoms. The van der Waals surface area contributed by atoms with Gasteiger partial charge in [-0.1, -0.05) is 0 Å². The highest BCUT2D eigenvalue weighted by atomic mass is 16.6. The molecule has 4 aliphatic rings. The largest absolute Gasteiger partial charge is 0.458 e. The highest BCUT2D eigenvalue weighted by molar-refractivity contribution is 5.71. The van der Waals surface area contributed by atoms with Crippen LogP contribution in [0.5, 0.6) is 0 Å². The molecule has 0 spiro atoms. The maximum Gasteiger partial charge on any atom is 0.320 e. The zero-order chi connectivity index (χ0) is 13.0. The molecule has 0 heterocycles. The second kappa shape index (κ2) is 3.96. The van der Waals surface area contributed by atoms with Crippen LogP contribution in [-0.2, 0) is 9.53 Å². The van der Waals surface area contributed by atoms with Crippen LogP contribution >= 0.6 is 0 Å². The van der Waals surface area contributed by atoms with Crippen molar-refractivity contribution < 1.29 is 9.53 Å². The molecule has 0 radical (unpaired) electrons. The lowest BCUT2D eigenvalue weighted by atomic mass is 9.46. The quantitative estimate of drug-likeness (QED) is 0.784. The summed E-state index contributed by atoms with van der Waals surface area (Å²) in [5.74, 6) is 2.39. The van der Waals surface area contributed by atoms with Crippen LogP contribution in [0.15, 0.2) is 0 Å². The maximum absolute atomic E-state index is 11.6. The molecule has 0 aromatic heterocycles. The Bertz CT molecular complexity index is 326. The van der Waals surface area contributed by atoms with Gasteiger partial charge in [-0.05, 0) is 70.1 Å². The normalized spacial score (nSPS) is 42.1. The van der Waals surface area contributed by atoms with Crippen molar-refractivity contribution in [1.29, 1.82) is 0 Å². The Hall–Kier alpha value is -0.570. The molecule has 4 aliphatic carbocycles. The third kappa shape index (κ3) is 1.78.